The van der Waals surface area contributed by atoms with Crippen molar-refractivity contribution in [1.82, 2.24) is 19.8 Å². The first-order valence-electron chi connectivity index (χ1n) is 11.0. The molecule has 4 rings (SSSR count). The minimum atomic E-state index is -4.42. The Morgan fingerprint density at radius 2 is 1.71 bits per heavy atom. The van der Waals surface area contributed by atoms with E-state index in [0.717, 1.165) is 17.8 Å². The molecule has 1 aliphatic rings. The molecule has 1 fully saturated rings. The van der Waals surface area contributed by atoms with Crippen molar-refractivity contribution in [3.05, 3.63) is 70.3 Å². The Labute approximate surface area is 199 Å². The largest absolute Gasteiger partial charge is 0.416 e. The molecule has 2 amide bonds. The van der Waals surface area contributed by atoms with E-state index in [9.17, 15) is 27.6 Å². The molecule has 3 aromatic rings. The molecule has 0 unspecified atom stereocenters. The summed E-state index contributed by atoms with van der Waals surface area (Å²) in [6.07, 6.45) is -3.12. The molecule has 1 aliphatic heterocycles. The van der Waals surface area contributed by atoms with Crippen LogP contribution in [0.3, 0.4) is 0 Å². The Morgan fingerprint density at radius 1 is 1.03 bits per heavy atom. The van der Waals surface area contributed by atoms with Crippen molar-refractivity contribution in [2.75, 3.05) is 31.1 Å². The van der Waals surface area contributed by atoms with E-state index in [1.807, 2.05) is 6.07 Å². The molecule has 0 radical (unpaired) electrons. The summed E-state index contributed by atoms with van der Waals surface area (Å²) in [5.41, 5.74) is 0.710. The van der Waals surface area contributed by atoms with Crippen molar-refractivity contribution in [2.45, 2.75) is 26.2 Å². The number of nitrogens with one attached hydrogen (secondary N) is 1. The van der Waals surface area contributed by atoms with Crippen LogP contribution in [0.5, 0.6) is 0 Å². The van der Waals surface area contributed by atoms with Gasteiger partial charge in [-0.1, -0.05) is 12.1 Å². The summed E-state index contributed by atoms with van der Waals surface area (Å²) in [5, 5.41) is 2.98. The second kappa shape index (κ2) is 9.77. The molecule has 0 bridgehead atoms. The molecular formula is C24H24F3N5O3. The molecule has 0 aliphatic carbocycles. The van der Waals surface area contributed by atoms with Crippen LogP contribution in [-0.2, 0) is 28.9 Å². The number of rotatable bonds is 5. The Hall–Kier alpha value is -3.89. The third-order valence-electron chi connectivity index (χ3n) is 5.98. The highest BCUT2D eigenvalue weighted by Crippen LogP contribution is 2.29. The lowest BCUT2D eigenvalue weighted by molar-refractivity contribution is -0.137. The number of benzene rings is 2. The number of carbonyl (C=O) groups is 2. The van der Waals surface area contributed by atoms with Crippen molar-refractivity contribution < 1.29 is 22.8 Å². The van der Waals surface area contributed by atoms with Gasteiger partial charge in [-0.3, -0.25) is 19.0 Å². The van der Waals surface area contributed by atoms with Crippen molar-refractivity contribution in [3.63, 3.8) is 0 Å². The van der Waals surface area contributed by atoms with E-state index in [1.165, 1.54) is 23.0 Å². The topological polar surface area (TPSA) is 87.5 Å². The molecule has 2 aromatic carbocycles. The van der Waals surface area contributed by atoms with Gasteiger partial charge in [-0.2, -0.15) is 13.2 Å². The zero-order valence-corrected chi connectivity index (χ0v) is 19.0. The average molecular weight is 487 g/mol. The number of carbonyl (C=O) groups excluding carboxylic acids is 2. The van der Waals surface area contributed by atoms with Gasteiger partial charge in [0.2, 0.25) is 11.8 Å². The van der Waals surface area contributed by atoms with E-state index in [0.29, 0.717) is 42.6 Å². The van der Waals surface area contributed by atoms with Crippen LogP contribution in [0.25, 0.3) is 10.9 Å². The summed E-state index contributed by atoms with van der Waals surface area (Å²) in [4.78, 5) is 45.1. The highest BCUT2D eigenvalue weighted by atomic mass is 19.4. The van der Waals surface area contributed by atoms with Gasteiger partial charge in [0.25, 0.3) is 5.56 Å². The molecule has 1 N–H and O–H groups in total. The average Bonchev–Trinajstić information content (AvgIpc) is 2.84. The summed E-state index contributed by atoms with van der Waals surface area (Å²) in [5.74, 6) is -0.434. The van der Waals surface area contributed by atoms with Gasteiger partial charge in [-0.05, 0) is 35.9 Å². The predicted octanol–water partition coefficient (Wildman–Crippen LogP) is 2.40. The van der Waals surface area contributed by atoms with Gasteiger partial charge in [0.05, 0.1) is 22.8 Å². The van der Waals surface area contributed by atoms with Crippen LogP contribution in [0.4, 0.5) is 18.9 Å². The van der Waals surface area contributed by atoms with Crippen molar-refractivity contribution in [1.29, 1.82) is 0 Å². The van der Waals surface area contributed by atoms with E-state index in [1.54, 1.807) is 24.0 Å². The van der Waals surface area contributed by atoms with Crippen LogP contribution in [0.2, 0.25) is 0 Å². The third kappa shape index (κ3) is 5.61. The first-order valence-corrected chi connectivity index (χ1v) is 11.0. The summed E-state index contributed by atoms with van der Waals surface area (Å²) < 4.78 is 39.2. The van der Waals surface area contributed by atoms with Crippen LogP contribution < -0.4 is 15.8 Å². The van der Waals surface area contributed by atoms with Crippen LogP contribution in [0.15, 0.2) is 53.6 Å². The molecule has 0 spiro atoms. The number of nitrogens with zero attached hydrogens (tertiary/aromatic N) is 4. The van der Waals surface area contributed by atoms with E-state index in [-0.39, 0.29) is 24.6 Å². The van der Waals surface area contributed by atoms with Crippen molar-refractivity contribution in [3.8, 4) is 0 Å². The van der Waals surface area contributed by atoms with Crippen molar-refractivity contribution >= 4 is 28.4 Å². The Morgan fingerprint density at radius 3 is 2.34 bits per heavy atom. The number of hydrogen-bond acceptors (Lipinski definition) is 5. The van der Waals surface area contributed by atoms with E-state index in [2.05, 4.69) is 15.2 Å². The van der Waals surface area contributed by atoms with E-state index < -0.39 is 17.6 Å². The fraction of sp³-hybridized carbons (Fsp3) is 0.333. The lowest BCUT2D eigenvalue weighted by Gasteiger charge is -2.35. The van der Waals surface area contributed by atoms with Crippen molar-refractivity contribution in [2.24, 2.45) is 0 Å². The normalized spacial score (nSPS) is 14.3. The van der Waals surface area contributed by atoms with E-state index in [4.69, 9.17) is 0 Å². The number of aromatic nitrogens is 2. The maximum absolute atomic E-state index is 13.0. The molecule has 0 saturated carbocycles. The number of alkyl halides is 3. The van der Waals surface area contributed by atoms with Crippen LogP contribution in [0.1, 0.15) is 18.1 Å². The molecule has 0 atom stereocenters. The van der Waals surface area contributed by atoms with Crippen LogP contribution in [0, 0.1) is 0 Å². The van der Waals surface area contributed by atoms with Gasteiger partial charge in [-0.15, -0.1) is 0 Å². The number of halogens is 3. The number of hydrogen-bond donors (Lipinski definition) is 1. The Balaban J connectivity index is 1.43. The first-order chi connectivity index (χ1) is 16.6. The molecule has 1 saturated heterocycles. The van der Waals surface area contributed by atoms with Crippen LogP contribution in [-0.4, -0.2) is 52.4 Å². The lowest BCUT2D eigenvalue weighted by Crippen LogP contribution is -2.48. The molecule has 2 heterocycles. The first kappa shape index (κ1) is 24.2. The summed E-state index contributed by atoms with van der Waals surface area (Å²) in [6, 6.07) is 9.87. The molecule has 8 nitrogen and oxygen atoms in total. The predicted molar refractivity (Wildman–Crippen MR) is 124 cm³/mol. The highest BCUT2D eigenvalue weighted by Gasteiger charge is 2.29. The van der Waals surface area contributed by atoms with Gasteiger partial charge >= 0.3 is 6.18 Å². The number of fused-ring (bicyclic) bond motifs is 1. The minimum Gasteiger partial charge on any atom is -0.368 e. The smallest absolute Gasteiger partial charge is 0.368 e. The maximum atomic E-state index is 13.0. The van der Waals surface area contributed by atoms with Gasteiger partial charge in [0, 0.05) is 45.3 Å². The molecular weight excluding hydrogens is 463 g/mol. The van der Waals surface area contributed by atoms with Crippen LogP contribution >= 0.6 is 0 Å². The number of piperazine rings is 1. The minimum absolute atomic E-state index is 0.0309. The van der Waals surface area contributed by atoms with Gasteiger partial charge in [0.1, 0.15) is 6.54 Å². The highest BCUT2D eigenvalue weighted by molar-refractivity contribution is 5.82. The summed E-state index contributed by atoms with van der Waals surface area (Å²) >= 11 is 0. The van der Waals surface area contributed by atoms with Gasteiger partial charge < -0.3 is 15.1 Å². The monoisotopic (exact) mass is 487 g/mol. The lowest BCUT2D eigenvalue weighted by atomic mass is 10.1. The number of amides is 2. The summed E-state index contributed by atoms with van der Waals surface area (Å²) in [6.45, 7) is 3.79. The standard InChI is InChI=1S/C24H24F3N5O3/c1-16(33)30-8-10-31(11-9-30)19-6-7-21-20(12-19)23(35)32(15-29-21)14-22(34)28-13-17-2-4-18(5-3-17)24(25,26)27/h2-7,12,15H,8-11,13-14H2,1H3,(H,28,34). The van der Waals surface area contributed by atoms with E-state index >= 15 is 0 Å². The fourth-order valence-electron chi connectivity index (χ4n) is 3.96. The third-order valence-corrected chi connectivity index (χ3v) is 5.98. The maximum Gasteiger partial charge on any atom is 0.416 e. The number of anilines is 1. The second-order valence-corrected chi connectivity index (χ2v) is 8.34. The quantitative estimate of drug-likeness (QED) is 0.597. The molecule has 35 heavy (non-hydrogen) atoms. The van der Waals surface area contributed by atoms with Gasteiger partial charge in [0.15, 0.2) is 0 Å². The summed E-state index contributed by atoms with van der Waals surface area (Å²) in [7, 11) is 0. The molecule has 1 aromatic heterocycles. The molecule has 11 heteroatoms. The fourth-order valence-corrected chi connectivity index (χ4v) is 3.96. The Kier molecular flexibility index (Phi) is 6.77. The molecule has 184 valence electrons. The van der Waals surface area contributed by atoms with Gasteiger partial charge in [-0.25, -0.2) is 4.98 Å². The SMILES string of the molecule is CC(=O)N1CCN(c2ccc3ncn(CC(=O)NCc4ccc(C(F)(F)F)cc4)c(=O)c3c2)CC1. The second-order valence-electron chi connectivity index (χ2n) is 8.34. The Bertz CT molecular complexity index is 1300. The zero-order chi connectivity index (χ0) is 25.2. The zero-order valence-electron chi connectivity index (χ0n) is 19.0.